The normalized spacial score (nSPS) is 15.8. The number of nitrogens with zero attached hydrogens (tertiary/aromatic N) is 2. The number of rotatable bonds is 7. The lowest BCUT2D eigenvalue weighted by Gasteiger charge is -1.96. The van der Waals surface area contributed by atoms with E-state index in [0.29, 0.717) is 24.4 Å². The lowest BCUT2D eigenvalue weighted by Crippen LogP contribution is -2.15. The minimum Gasteiger partial charge on any atom is -0.424 e. The first-order valence-corrected chi connectivity index (χ1v) is 5.42. The van der Waals surface area contributed by atoms with Crippen molar-refractivity contribution in [2.75, 3.05) is 13.7 Å². The summed E-state index contributed by atoms with van der Waals surface area (Å²) in [4.78, 5) is 0. The van der Waals surface area contributed by atoms with Gasteiger partial charge >= 0.3 is 0 Å². The number of hydrogen-bond acceptors (Lipinski definition) is 5. The zero-order valence-electron chi connectivity index (χ0n) is 9.03. The van der Waals surface area contributed by atoms with Gasteiger partial charge in [-0.1, -0.05) is 0 Å². The largest absolute Gasteiger partial charge is 0.424 e. The Balaban J connectivity index is 1.70. The zero-order chi connectivity index (χ0) is 10.5. The second-order valence-corrected chi connectivity index (χ2v) is 3.84. The summed E-state index contributed by atoms with van der Waals surface area (Å²) in [6.07, 6.45) is 4.27. The van der Waals surface area contributed by atoms with E-state index in [1.807, 2.05) is 0 Å². The lowest BCUT2D eigenvalue weighted by molar-refractivity contribution is 0.192. The van der Waals surface area contributed by atoms with Gasteiger partial charge in [0, 0.05) is 26.2 Å². The van der Waals surface area contributed by atoms with Gasteiger partial charge in [-0.3, -0.25) is 0 Å². The van der Waals surface area contributed by atoms with E-state index in [9.17, 15) is 0 Å². The lowest BCUT2D eigenvalue weighted by atomic mass is 10.3. The first-order chi connectivity index (χ1) is 7.38. The Bertz CT molecular complexity index is 297. The van der Waals surface area contributed by atoms with Gasteiger partial charge in [0.15, 0.2) is 0 Å². The third kappa shape index (κ3) is 3.60. The van der Waals surface area contributed by atoms with Gasteiger partial charge in [0.1, 0.15) is 0 Å². The molecule has 0 atom stereocenters. The van der Waals surface area contributed by atoms with Crippen molar-refractivity contribution in [3.05, 3.63) is 11.8 Å². The Labute approximate surface area is 89.2 Å². The molecule has 5 nitrogen and oxygen atoms in total. The van der Waals surface area contributed by atoms with Gasteiger partial charge in [-0.05, 0) is 19.3 Å². The minimum absolute atomic E-state index is 0.675. The van der Waals surface area contributed by atoms with Crippen LogP contribution in [0.2, 0.25) is 0 Å². The number of hydrogen-bond donors (Lipinski definition) is 1. The molecule has 1 heterocycles. The summed E-state index contributed by atoms with van der Waals surface area (Å²) in [5.41, 5.74) is 0. The van der Waals surface area contributed by atoms with Gasteiger partial charge in [-0.2, -0.15) is 0 Å². The quantitative estimate of drug-likeness (QED) is 0.679. The van der Waals surface area contributed by atoms with E-state index >= 15 is 0 Å². The predicted octanol–water partition coefficient (Wildman–Crippen LogP) is 0.901. The molecule has 0 radical (unpaired) electrons. The van der Waals surface area contributed by atoms with Crippen LogP contribution in [0.1, 0.15) is 31.0 Å². The second-order valence-electron chi connectivity index (χ2n) is 3.84. The van der Waals surface area contributed by atoms with Crippen molar-refractivity contribution in [1.29, 1.82) is 0 Å². The Morgan fingerprint density at radius 2 is 2.20 bits per heavy atom. The Kier molecular flexibility index (Phi) is 3.69. The fourth-order valence-electron chi connectivity index (χ4n) is 1.35. The SMILES string of the molecule is COCCCc1nnc(CNC2CC2)o1. The third-order valence-corrected chi connectivity index (χ3v) is 2.37. The van der Waals surface area contributed by atoms with Gasteiger partial charge in [-0.25, -0.2) is 0 Å². The predicted molar refractivity (Wildman–Crippen MR) is 54.4 cm³/mol. The molecule has 0 bridgehead atoms. The summed E-state index contributed by atoms with van der Waals surface area (Å²) in [6.45, 7) is 1.43. The number of aromatic nitrogens is 2. The third-order valence-electron chi connectivity index (χ3n) is 2.37. The first-order valence-electron chi connectivity index (χ1n) is 5.42. The molecule has 1 fully saturated rings. The molecule has 0 spiro atoms. The highest BCUT2D eigenvalue weighted by atomic mass is 16.5. The number of methoxy groups -OCH3 is 1. The van der Waals surface area contributed by atoms with Gasteiger partial charge in [0.25, 0.3) is 0 Å². The zero-order valence-corrected chi connectivity index (χ0v) is 9.03. The highest BCUT2D eigenvalue weighted by Crippen LogP contribution is 2.19. The summed E-state index contributed by atoms with van der Waals surface area (Å²) in [5, 5.41) is 11.3. The van der Waals surface area contributed by atoms with E-state index in [4.69, 9.17) is 9.15 Å². The van der Waals surface area contributed by atoms with Crippen molar-refractivity contribution in [3.8, 4) is 0 Å². The molecule has 0 aliphatic heterocycles. The van der Waals surface area contributed by atoms with Crippen molar-refractivity contribution in [3.63, 3.8) is 0 Å². The van der Waals surface area contributed by atoms with Crippen molar-refractivity contribution >= 4 is 0 Å². The van der Waals surface area contributed by atoms with Crippen LogP contribution in [0.3, 0.4) is 0 Å². The molecule has 1 aliphatic rings. The topological polar surface area (TPSA) is 60.2 Å². The molecular formula is C10H17N3O2. The van der Waals surface area contributed by atoms with Gasteiger partial charge in [0.2, 0.25) is 11.8 Å². The molecule has 0 aromatic carbocycles. The molecule has 1 aromatic rings. The van der Waals surface area contributed by atoms with E-state index < -0.39 is 0 Å². The molecule has 2 rings (SSSR count). The molecule has 15 heavy (non-hydrogen) atoms. The van der Waals surface area contributed by atoms with Gasteiger partial charge in [0.05, 0.1) is 6.54 Å². The van der Waals surface area contributed by atoms with Crippen LogP contribution in [-0.2, 0) is 17.7 Å². The standard InChI is InChI=1S/C10H17N3O2/c1-14-6-2-3-9-12-13-10(15-9)7-11-8-4-5-8/h8,11H,2-7H2,1H3. The van der Waals surface area contributed by atoms with Gasteiger partial charge < -0.3 is 14.5 Å². The number of ether oxygens (including phenoxy) is 1. The molecule has 0 unspecified atom stereocenters. The molecule has 1 aromatic heterocycles. The fraction of sp³-hybridized carbons (Fsp3) is 0.800. The summed E-state index contributed by atoms with van der Waals surface area (Å²) >= 11 is 0. The Morgan fingerprint density at radius 3 is 2.93 bits per heavy atom. The maximum absolute atomic E-state index is 5.47. The molecule has 0 amide bonds. The Morgan fingerprint density at radius 1 is 1.40 bits per heavy atom. The average molecular weight is 211 g/mol. The molecule has 84 valence electrons. The van der Waals surface area contributed by atoms with Crippen LogP contribution in [0.4, 0.5) is 0 Å². The fourth-order valence-corrected chi connectivity index (χ4v) is 1.35. The number of nitrogens with one attached hydrogen (secondary N) is 1. The van der Waals surface area contributed by atoms with Crippen molar-refractivity contribution < 1.29 is 9.15 Å². The van der Waals surface area contributed by atoms with Crippen molar-refractivity contribution in [2.45, 2.75) is 38.3 Å². The molecular weight excluding hydrogens is 194 g/mol. The van der Waals surface area contributed by atoms with E-state index in [1.165, 1.54) is 12.8 Å². The Hall–Kier alpha value is -0.940. The van der Waals surface area contributed by atoms with Crippen molar-refractivity contribution in [2.24, 2.45) is 0 Å². The van der Waals surface area contributed by atoms with Crippen LogP contribution in [0, 0.1) is 0 Å². The summed E-state index contributed by atoms with van der Waals surface area (Å²) < 4.78 is 10.4. The first kappa shape index (κ1) is 10.6. The maximum Gasteiger partial charge on any atom is 0.230 e. The second kappa shape index (κ2) is 5.23. The smallest absolute Gasteiger partial charge is 0.230 e. The van der Waals surface area contributed by atoms with E-state index in [0.717, 1.165) is 19.4 Å². The summed E-state index contributed by atoms with van der Waals surface area (Å²) in [7, 11) is 1.69. The van der Waals surface area contributed by atoms with E-state index in [-0.39, 0.29) is 0 Å². The van der Waals surface area contributed by atoms with E-state index in [1.54, 1.807) is 7.11 Å². The summed E-state index contributed by atoms with van der Waals surface area (Å²) in [5.74, 6) is 1.40. The van der Waals surface area contributed by atoms with Crippen LogP contribution in [-0.4, -0.2) is 30.0 Å². The highest BCUT2D eigenvalue weighted by molar-refractivity contribution is 4.86. The number of aryl methyl sites for hydroxylation is 1. The van der Waals surface area contributed by atoms with Crippen molar-refractivity contribution in [1.82, 2.24) is 15.5 Å². The maximum atomic E-state index is 5.47. The van der Waals surface area contributed by atoms with Crippen LogP contribution < -0.4 is 5.32 Å². The molecule has 1 N–H and O–H groups in total. The molecule has 1 saturated carbocycles. The minimum atomic E-state index is 0.675. The molecule has 1 aliphatic carbocycles. The van der Waals surface area contributed by atoms with Gasteiger partial charge in [-0.15, -0.1) is 10.2 Å². The van der Waals surface area contributed by atoms with Crippen LogP contribution in [0.25, 0.3) is 0 Å². The van der Waals surface area contributed by atoms with Crippen LogP contribution in [0.15, 0.2) is 4.42 Å². The van der Waals surface area contributed by atoms with Crippen LogP contribution >= 0.6 is 0 Å². The average Bonchev–Trinajstić information content (AvgIpc) is 2.97. The van der Waals surface area contributed by atoms with E-state index in [2.05, 4.69) is 15.5 Å². The molecule has 0 saturated heterocycles. The summed E-state index contributed by atoms with van der Waals surface area (Å²) in [6, 6.07) is 0.675. The monoisotopic (exact) mass is 211 g/mol. The molecule has 5 heteroatoms. The van der Waals surface area contributed by atoms with Crippen LogP contribution in [0.5, 0.6) is 0 Å². The highest BCUT2D eigenvalue weighted by Gasteiger charge is 2.21.